The number of nitrogens with zero attached hydrogens (tertiary/aromatic N) is 3. The molecule has 10 nitrogen and oxygen atoms in total. The van der Waals surface area contributed by atoms with Crippen LogP contribution >= 0.6 is 11.6 Å². The van der Waals surface area contributed by atoms with Crippen molar-refractivity contribution in [2.24, 2.45) is 0 Å². The van der Waals surface area contributed by atoms with Crippen LogP contribution in [0.4, 0.5) is 17.1 Å². The van der Waals surface area contributed by atoms with Gasteiger partial charge in [0.2, 0.25) is 0 Å². The molecule has 2 aromatic carbocycles. The van der Waals surface area contributed by atoms with Gasteiger partial charge in [-0.05, 0) is 25.2 Å². The lowest BCUT2D eigenvalue weighted by molar-refractivity contribution is -0.385. The Morgan fingerprint density at radius 1 is 1.12 bits per heavy atom. The fourth-order valence-electron chi connectivity index (χ4n) is 3.51. The van der Waals surface area contributed by atoms with Crippen molar-refractivity contribution in [2.75, 3.05) is 70.9 Å². The van der Waals surface area contributed by atoms with Gasteiger partial charge in [0.1, 0.15) is 12.2 Å². The zero-order valence-corrected chi connectivity index (χ0v) is 19.6. The molecule has 1 aliphatic rings. The fourth-order valence-corrected chi connectivity index (χ4v) is 3.68. The molecule has 1 aliphatic heterocycles. The zero-order chi connectivity index (χ0) is 24.0. The standard InChI is InChI=1S/C22H27ClN4O6/c1-25-6-8-26(9-7-25)18-5-4-15(23)12-17(18)24-22(28)16-13-20(32-3)21(33-11-10-31-2)14-19(16)27(29)30/h4-5,12-14H,6-11H2,1-3H3,(H,24,28). The van der Waals surface area contributed by atoms with Crippen LogP contribution in [0.25, 0.3) is 0 Å². The topological polar surface area (TPSA) is 106 Å². The highest BCUT2D eigenvalue weighted by Crippen LogP contribution is 2.36. The molecule has 3 rings (SSSR count). The molecule has 0 atom stereocenters. The van der Waals surface area contributed by atoms with Crippen molar-refractivity contribution in [3.05, 3.63) is 51.0 Å². The Kier molecular flexibility index (Phi) is 8.32. The summed E-state index contributed by atoms with van der Waals surface area (Å²) in [5.41, 5.74) is 0.727. The number of methoxy groups -OCH3 is 2. The summed E-state index contributed by atoms with van der Waals surface area (Å²) in [5.74, 6) is -0.299. The molecule has 178 valence electrons. The van der Waals surface area contributed by atoms with Gasteiger partial charge in [-0.15, -0.1) is 0 Å². The molecule has 0 unspecified atom stereocenters. The Morgan fingerprint density at radius 2 is 1.85 bits per heavy atom. The maximum absolute atomic E-state index is 13.2. The van der Waals surface area contributed by atoms with Crippen molar-refractivity contribution >= 4 is 34.6 Å². The number of likely N-dealkylation sites (N-methyl/N-ethyl adjacent to an activating group) is 1. The monoisotopic (exact) mass is 478 g/mol. The number of carbonyl (C=O) groups excluding carboxylic acids is 1. The van der Waals surface area contributed by atoms with Crippen LogP contribution < -0.4 is 19.7 Å². The van der Waals surface area contributed by atoms with E-state index in [4.69, 9.17) is 25.8 Å². The number of amides is 1. The Morgan fingerprint density at radius 3 is 2.48 bits per heavy atom. The van der Waals surface area contributed by atoms with Crippen molar-refractivity contribution in [3.8, 4) is 11.5 Å². The van der Waals surface area contributed by atoms with Gasteiger partial charge in [0.25, 0.3) is 11.6 Å². The van der Waals surface area contributed by atoms with E-state index in [1.165, 1.54) is 26.4 Å². The number of rotatable bonds is 9. The maximum atomic E-state index is 13.2. The minimum Gasteiger partial charge on any atom is -0.493 e. The van der Waals surface area contributed by atoms with Crippen LogP contribution in [-0.2, 0) is 4.74 Å². The van der Waals surface area contributed by atoms with E-state index in [9.17, 15) is 14.9 Å². The summed E-state index contributed by atoms with van der Waals surface area (Å²) in [7, 11) is 4.97. The number of nitro benzene ring substituents is 1. The van der Waals surface area contributed by atoms with E-state index in [2.05, 4.69) is 22.2 Å². The molecular formula is C22H27ClN4O6. The van der Waals surface area contributed by atoms with Crippen LogP contribution in [0.2, 0.25) is 5.02 Å². The highest BCUT2D eigenvalue weighted by molar-refractivity contribution is 6.31. The predicted octanol–water partition coefficient (Wildman–Crippen LogP) is 3.29. The summed E-state index contributed by atoms with van der Waals surface area (Å²) in [6, 6.07) is 7.71. The molecule has 1 amide bonds. The van der Waals surface area contributed by atoms with Gasteiger partial charge in [-0.25, -0.2) is 0 Å². The zero-order valence-electron chi connectivity index (χ0n) is 18.8. The lowest BCUT2D eigenvalue weighted by Crippen LogP contribution is -2.44. The minimum absolute atomic E-state index is 0.152. The normalized spacial score (nSPS) is 14.1. The molecule has 0 radical (unpaired) electrons. The number of halogens is 1. The van der Waals surface area contributed by atoms with E-state index >= 15 is 0 Å². The summed E-state index contributed by atoms with van der Waals surface area (Å²) >= 11 is 6.19. The van der Waals surface area contributed by atoms with Gasteiger partial charge < -0.3 is 29.3 Å². The van der Waals surface area contributed by atoms with Gasteiger partial charge >= 0.3 is 0 Å². The summed E-state index contributed by atoms with van der Waals surface area (Å²) in [6.45, 7) is 3.78. The van der Waals surface area contributed by atoms with Gasteiger partial charge in [0.15, 0.2) is 11.5 Å². The second-order valence-corrected chi connectivity index (χ2v) is 7.96. The Labute approximate surface area is 197 Å². The van der Waals surface area contributed by atoms with Crippen molar-refractivity contribution < 1.29 is 23.9 Å². The van der Waals surface area contributed by atoms with E-state index in [0.717, 1.165) is 31.9 Å². The maximum Gasteiger partial charge on any atom is 0.286 e. The molecule has 0 aromatic heterocycles. The first kappa shape index (κ1) is 24.6. The Hall–Kier alpha value is -3.08. The van der Waals surface area contributed by atoms with Gasteiger partial charge in [-0.2, -0.15) is 0 Å². The third kappa shape index (κ3) is 6.04. The summed E-state index contributed by atoms with van der Waals surface area (Å²) in [5, 5.41) is 15.0. The van der Waals surface area contributed by atoms with Crippen LogP contribution in [0.1, 0.15) is 10.4 Å². The molecule has 0 spiro atoms. The van der Waals surface area contributed by atoms with Crippen LogP contribution in [-0.4, -0.2) is 76.4 Å². The van der Waals surface area contributed by atoms with Crippen molar-refractivity contribution in [2.45, 2.75) is 0 Å². The number of ether oxygens (including phenoxy) is 3. The number of anilines is 2. The molecule has 11 heteroatoms. The number of piperazine rings is 1. The SMILES string of the molecule is COCCOc1cc([N+](=O)[O-])c(C(=O)Nc2cc(Cl)ccc2N2CCN(C)CC2)cc1OC. The molecule has 33 heavy (non-hydrogen) atoms. The number of nitro groups is 1. The minimum atomic E-state index is -0.652. The first-order chi connectivity index (χ1) is 15.8. The predicted molar refractivity (Wildman–Crippen MR) is 126 cm³/mol. The molecular weight excluding hydrogens is 452 g/mol. The molecule has 0 saturated carbocycles. The number of benzene rings is 2. The van der Waals surface area contributed by atoms with Gasteiger partial charge in [0.05, 0.1) is 36.1 Å². The quantitative estimate of drug-likeness (QED) is 0.332. The first-order valence-corrected chi connectivity index (χ1v) is 10.7. The van der Waals surface area contributed by atoms with Crippen molar-refractivity contribution in [3.63, 3.8) is 0 Å². The fraction of sp³-hybridized carbons (Fsp3) is 0.409. The Balaban J connectivity index is 1.92. The average Bonchev–Trinajstić information content (AvgIpc) is 2.79. The second kappa shape index (κ2) is 11.2. The lowest BCUT2D eigenvalue weighted by Gasteiger charge is -2.35. The number of hydrogen-bond acceptors (Lipinski definition) is 8. The van der Waals surface area contributed by atoms with Crippen molar-refractivity contribution in [1.29, 1.82) is 0 Å². The summed E-state index contributed by atoms with van der Waals surface area (Å²) < 4.78 is 15.8. The summed E-state index contributed by atoms with van der Waals surface area (Å²) in [4.78, 5) is 28.6. The van der Waals surface area contributed by atoms with Crippen molar-refractivity contribution in [1.82, 2.24) is 4.90 Å². The molecule has 1 fully saturated rings. The van der Waals surface area contributed by atoms with E-state index in [-0.39, 0.29) is 23.7 Å². The third-order valence-electron chi connectivity index (χ3n) is 5.32. The Bertz CT molecular complexity index is 1010. The van der Waals surface area contributed by atoms with E-state index < -0.39 is 16.5 Å². The molecule has 1 N–H and O–H groups in total. The smallest absolute Gasteiger partial charge is 0.286 e. The molecule has 1 heterocycles. The third-order valence-corrected chi connectivity index (χ3v) is 5.55. The van der Waals surface area contributed by atoms with Crippen LogP contribution in [0.3, 0.4) is 0 Å². The highest BCUT2D eigenvalue weighted by Gasteiger charge is 2.26. The van der Waals surface area contributed by atoms with Crippen LogP contribution in [0.15, 0.2) is 30.3 Å². The van der Waals surface area contributed by atoms with Crippen LogP contribution in [0, 0.1) is 10.1 Å². The average molecular weight is 479 g/mol. The molecule has 2 aromatic rings. The molecule has 0 aliphatic carbocycles. The van der Waals surface area contributed by atoms with Crippen LogP contribution in [0.5, 0.6) is 11.5 Å². The lowest BCUT2D eigenvalue weighted by atomic mass is 10.1. The van der Waals surface area contributed by atoms with Gasteiger partial charge in [-0.3, -0.25) is 14.9 Å². The molecule has 1 saturated heterocycles. The molecule has 0 bridgehead atoms. The van der Waals surface area contributed by atoms with E-state index in [0.29, 0.717) is 17.3 Å². The summed E-state index contributed by atoms with van der Waals surface area (Å²) in [6.07, 6.45) is 0. The first-order valence-electron chi connectivity index (χ1n) is 10.4. The number of hydrogen-bond donors (Lipinski definition) is 1. The van der Waals surface area contributed by atoms with E-state index in [1.807, 2.05) is 6.07 Å². The largest absolute Gasteiger partial charge is 0.493 e. The van der Waals surface area contributed by atoms with Gasteiger partial charge in [-0.1, -0.05) is 11.6 Å². The highest BCUT2D eigenvalue weighted by atomic mass is 35.5. The van der Waals surface area contributed by atoms with E-state index in [1.54, 1.807) is 12.1 Å². The number of nitrogens with one attached hydrogen (secondary N) is 1. The van der Waals surface area contributed by atoms with Gasteiger partial charge in [0, 0.05) is 44.4 Å². The second-order valence-electron chi connectivity index (χ2n) is 7.52. The number of carbonyl (C=O) groups is 1.